The van der Waals surface area contributed by atoms with Crippen molar-refractivity contribution in [2.24, 2.45) is 0 Å². The number of carbonyl (C=O) groups excluding carboxylic acids is 1. The van der Waals surface area contributed by atoms with Crippen molar-refractivity contribution in [2.75, 3.05) is 25.2 Å². The highest BCUT2D eigenvalue weighted by Crippen LogP contribution is 2.26. The molecule has 0 amide bonds. The first kappa shape index (κ1) is 27.1. The van der Waals surface area contributed by atoms with Crippen molar-refractivity contribution in [3.63, 3.8) is 0 Å². The van der Waals surface area contributed by atoms with Crippen LogP contribution in [0.2, 0.25) is 5.02 Å². The highest BCUT2D eigenvalue weighted by molar-refractivity contribution is 6.30. The van der Waals surface area contributed by atoms with Crippen molar-refractivity contribution < 1.29 is 19.0 Å². The number of anilines is 1. The first-order chi connectivity index (χ1) is 14.4. The van der Waals surface area contributed by atoms with Gasteiger partial charge in [-0.15, -0.1) is 12.4 Å². The first-order valence-corrected chi connectivity index (χ1v) is 10.8. The predicted molar refractivity (Wildman–Crippen MR) is 129 cm³/mol. The highest BCUT2D eigenvalue weighted by atomic mass is 35.5. The van der Waals surface area contributed by atoms with Crippen LogP contribution in [0.4, 0.5) is 5.69 Å². The van der Waals surface area contributed by atoms with Crippen LogP contribution in [0.3, 0.4) is 0 Å². The number of hydrogen-bond donors (Lipinski definition) is 0. The lowest BCUT2D eigenvalue weighted by Crippen LogP contribution is -2.43. The molecule has 0 N–H and O–H groups in total. The number of rotatable bonds is 12. The second kappa shape index (κ2) is 14.2. The number of ether oxygens (including phenoxy) is 3. The Morgan fingerprint density at radius 1 is 1.13 bits per heavy atom. The van der Waals surface area contributed by atoms with Gasteiger partial charge in [-0.2, -0.15) is 0 Å². The minimum atomic E-state index is -0.401. The van der Waals surface area contributed by atoms with Gasteiger partial charge in [-0.05, 0) is 62.6 Å². The molecule has 5 nitrogen and oxygen atoms in total. The molecule has 0 saturated carbocycles. The summed E-state index contributed by atoms with van der Waals surface area (Å²) in [6.07, 6.45) is 2.89. The zero-order chi connectivity index (χ0) is 21.9. The van der Waals surface area contributed by atoms with E-state index in [-0.39, 0.29) is 31.3 Å². The van der Waals surface area contributed by atoms with Crippen LogP contribution in [-0.2, 0) is 20.7 Å². The maximum Gasteiger partial charge on any atom is 0.343 e. The van der Waals surface area contributed by atoms with Gasteiger partial charge in [0.1, 0.15) is 12.0 Å². The Balaban J connectivity index is 0.00000480. The number of halogens is 2. The Kier molecular flexibility index (Phi) is 12.4. The summed E-state index contributed by atoms with van der Waals surface area (Å²) >= 11 is 6.25. The van der Waals surface area contributed by atoms with E-state index in [2.05, 4.69) is 36.5 Å². The monoisotopic (exact) mass is 469 g/mol. The van der Waals surface area contributed by atoms with Gasteiger partial charge in [0.2, 0.25) is 0 Å². The lowest BCUT2D eigenvalue weighted by Gasteiger charge is -2.37. The largest absolute Gasteiger partial charge is 0.482 e. The minimum Gasteiger partial charge on any atom is -0.482 e. The lowest BCUT2D eigenvalue weighted by atomic mass is 10.0. The number of esters is 1. The van der Waals surface area contributed by atoms with Crippen molar-refractivity contribution in [1.82, 2.24) is 0 Å². The van der Waals surface area contributed by atoms with Gasteiger partial charge in [0, 0.05) is 23.4 Å². The van der Waals surface area contributed by atoms with Gasteiger partial charge in [-0.1, -0.05) is 43.1 Å². The lowest BCUT2D eigenvalue weighted by molar-refractivity contribution is -0.142. The van der Waals surface area contributed by atoms with E-state index < -0.39 is 5.97 Å². The van der Waals surface area contributed by atoms with E-state index in [1.807, 2.05) is 42.5 Å². The van der Waals surface area contributed by atoms with Crippen LogP contribution in [0.1, 0.15) is 39.2 Å². The molecule has 0 fully saturated rings. The SMILES string of the molecule is CCCCOC(C)N(c1cccc(Cl)c1)C(C)Cc1ccc(OCC(=O)OC)cc1.Cl. The fourth-order valence-corrected chi connectivity index (χ4v) is 3.48. The minimum absolute atomic E-state index is 0. The molecule has 2 aromatic carbocycles. The zero-order valence-corrected chi connectivity index (χ0v) is 20.2. The summed E-state index contributed by atoms with van der Waals surface area (Å²) in [4.78, 5) is 13.5. The van der Waals surface area contributed by atoms with E-state index in [0.717, 1.165) is 31.6 Å². The fourth-order valence-electron chi connectivity index (χ4n) is 3.30. The first-order valence-electron chi connectivity index (χ1n) is 10.4. The molecular weight excluding hydrogens is 437 g/mol. The third kappa shape index (κ3) is 8.98. The van der Waals surface area contributed by atoms with Crippen molar-refractivity contribution in [3.05, 3.63) is 59.1 Å². The number of methoxy groups -OCH3 is 1. The Morgan fingerprint density at radius 3 is 2.45 bits per heavy atom. The van der Waals surface area contributed by atoms with Gasteiger partial charge in [-0.3, -0.25) is 0 Å². The van der Waals surface area contributed by atoms with Gasteiger partial charge in [0.15, 0.2) is 6.61 Å². The molecule has 0 spiro atoms. The maximum atomic E-state index is 11.2. The summed E-state index contributed by atoms with van der Waals surface area (Å²) in [5.74, 6) is 0.238. The fraction of sp³-hybridized carbons (Fsp3) is 0.458. The standard InChI is InChI=1S/C24H32ClNO4.ClH/c1-5-6-14-29-19(3)26(22-9-7-8-21(25)16-22)18(2)15-20-10-12-23(13-11-20)30-17-24(27)28-4;/h7-13,16,18-19H,5-6,14-15,17H2,1-4H3;1H. The molecule has 0 aliphatic carbocycles. The molecule has 0 saturated heterocycles. The maximum absolute atomic E-state index is 11.2. The quantitative estimate of drug-likeness (QED) is 0.219. The molecule has 0 heterocycles. The molecule has 0 aliphatic heterocycles. The third-order valence-electron chi connectivity index (χ3n) is 4.87. The van der Waals surface area contributed by atoms with E-state index in [1.165, 1.54) is 12.7 Å². The van der Waals surface area contributed by atoms with E-state index in [1.54, 1.807) is 0 Å². The smallest absolute Gasteiger partial charge is 0.343 e. The summed E-state index contributed by atoms with van der Waals surface area (Å²) < 4.78 is 16.1. The number of nitrogens with zero attached hydrogens (tertiary/aromatic N) is 1. The number of benzene rings is 2. The second-order valence-corrected chi connectivity index (χ2v) is 7.71. The molecule has 0 radical (unpaired) electrons. The van der Waals surface area contributed by atoms with E-state index in [4.69, 9.17) is 21.1 Å². The molecule has 0 aliphatic rings. The van der Waals surface area contributed by atoms with Crippen LogP contribution in [0.25, 0.3) is 0 Å². The van der Waals surface area contributed by atoms with Crippen LogP contribution < -0.4 is 9.64 Å². The van der Waals surface area contributed by atoms with Crippen molar-refractivity contribution >= 4 is 35.7 Å². The normalized spacial score (nSPS) is 12.4. The summed E-state index contributed by atoms with van der Waals surface area (Å²) in [5, 5.41) is 0.706. The average molecular weight is 470 g/mol. The molecule has 2 atom stereocenters. The van der Waals surface area contributed by atoms with Gasteiger partial charge in [0.25, 0.3) is 0 Å². The van der Waals surface area contributed by atoms with Crippen LogP contribution in [0, 0.1) is 0 Å². The molecule has 0 aromatic heterocycles. The molecule has 0 bridgehead atoms. The van der Waals surface area contributed by atoms with Crippen molar-refractivity contribution in [3.8, 4) is 5.75 Å². The molecule has 2 aromatic rings. The van der Waals surface area contributed by atoms with Gasteiger partial charge in [0.05, 0.1) is 7.11 Å². The Bertz CT molecular complexity index is 785. The Labute approximate surface area is 197 Å². The second-order valence-electron chi connectivity index (χ2n) is 7.27. The Morgan fingerprint density at radius 2 is 1.84 bits per heavy atom. The molecule has 2 rings (SSSR count). The molecular formula is C24H33Cl2NO4. The van der Waals surface area contributed by atoms with Gasteiger partial charge in [-0.25, -0.2) is 4.79 Å². The molecule has 172 valence electrons. The van der Waals surface area contributed by atoms with Crippen LogP contribution >= 0.6 is 24.0 Å². The number of carbonyl (C=O) groups is 1. The summed E-state index contributed by atoms with van der Waals surface area (Å²) in [6.45, 7) is 7.05. The molecule has 2 unspecified atom stereocenters. The van der Waals surface area contributed by atoms with Crippen LogP contribution in [0.5, 0.6) is 5.75 Å². The van der Waals surface area contributed by atoms with Gasteiger partial charge < -0.3 is 19.1 Å². The summed E-state index contributed by atoms with van der Waals surface area (Å²) in [5.41, 5.74) is 2.21. The molecule has 31 heavy (non-hydrogen) atoms. The third-order valence-corrected chi connectivity index (χ3v) is 5.10. The summed E-state index contributed by atoms with van der Waals surface area (Å²) in [7, 11) is 1.34. The van der Waals surface area contributed by atoms with Crippen LogP contribution in [-0.4, -0.2) is 38.6 Å². The predicted octanol–water partition coefficient (Wildman–Crippen LogP) is 5.91. The van der Waals surface area contributed by atoms with E-state index >= 15 is 0 Å². The number of unbranched alkanes of at least 4 members (excludes halogenated alkanes) is 1. The number of hydrogen-bond acceptors (Lipinski definition) is 5. The highest BCUT2D eigenvalue weighted by Gasteiger charge is 2.22. The van der Waals surface area contributed by atoms with Crippen molar-refractivity contribution in [2.45, 2.75) is 52.3 Å². The topological polar surface area (TPSA) is 48.0 Å². The van der Waals surface area contributed by atoms with E-state index in [0.29, 0.717) is 10.8 Å². The average Bonchev–Trinajstić information content (AvgIpc) is 2.73. The van der Waals surface area contributed by atoms with Gasteiger partial charge >= 0.3 is 5.97 Å². The van der Waals surface area contributed by atoms with E-state index in [9.17, 15) is 4.79 Å². The summed E-state index contributed by atoms with van der Waals surface area (Å²) in [6, 6.07) is 15.8. The molecule has 7 heteroatoms. The Hall–Kier alpha value is -1.95. The zero-order valence-electron chi connectivity index (χ0n) is 18.7. The van der Waals surface area contributed by atoms with Crippen molar-refractivity contribution in [1.29, 1.82) is 0 Å². The van der Waals surface area contributed by atoms with Crippen LogP contribution in [0.15, 0.2) is 48.5 Å².